The molecule has 1 aliphatic heterocycles. The fourth-order valence-electron chi connectivity index (χ4n) is 3.58. The van der Waals surface area contributed by atoms with Crippen molar-refractivity contribution >= 4 is 34.8 Å². The molecule has 0 aromatic heterocycles. The fourth-order valence-corrected chi connectivity index (χ4v) is 4.90. The highest BCUT2D eigenvalue weighted by atomic mass is 32.2. The van der Waals surface area contributed by atoms with Crippen molar-refractivity contribution < 1.29 is 18.0 Å². The number of nitrogens with zero attached hydrogens (tertiary/aromatic N) is 2. The molecule has 0 spiro atoms. The number of carbonyl (C=O) groups is 2. The fraction of sp³-hybridized carbons (Fsp3) is 0.320. The summed E-state index contributed by atoms with van der Waals surface area (Å²) in [5.41, 5.74) is 0.574. The zero-order valence-electron chi connectivity index (χ0n) is 19.2. The molecule has 2 amide bonds. The van der Waals surface area contributed by atoms with Crippen molar-refractivity contribution in [1.29, 1.82) is 5.26 Å². The molecule has 2 aromatic carbocycles. The summed E-state index contributed by atoms with van der Waals surface area (Å²) in [6, 6.07) is 15.8. The number of fused-ring (bicyclic) bond motifs is 1. The summed E-state index contributed by atoms with van der Waals surface area (Å²) >= 11 is -0.766. The van der Waals surface area contributed by atoms with Gasteiger partial charge in [0, 0.05) is 17.6 Å². The Hall–Kier alpha value is -3.09. The molecule has 0 radical (unpaired) electrons. The molecule has 0 saturated carbocycles. The Balaban J connectivity index is 1.64. The summed E-state index contributed by atoms with van der Waals surface area (Å²) < 4.78 is 20.2. The van der Waals surface area contributed by atoms with Crippen molar-refractivity contribution in [3.63, 3.8) is 0 Å². The molecule has 7 nitrogen and oxygen atoms in total. The quantitative estimate of drug-likeness (QED) is 0.246. The van der Waals surface area contributed by atoms with E-state index in [1.54, 1.807) is 0 Å². The number of imide groups is 1. The molecule has 0 aliphatic carbocycles. The summed E-state index contributed by atoms with van der Waals surface area (Å²) in [5, 5.41) is 9.31. The Morgan fingerprint density at radius 3 is 2.59 bits per heavy atom. The van der Waals surface area contributed by atoms with Gasteiger partial charge in [0.05, 0.1) is 11.1 Å². The van der Waals surface area contributed by atoms with Crippen molar-refractivity contribution in [3.8, 4) is 11.8 Å². The van der Waals surface area contributed by atoms with Gasteiger partial charge in [0.25, 0.3) is 11.8 Å². The topological polar surface area (TPSA) is 99.5 Å². The van der Waals surface area contributed by atoms with Gasteiger partial charge >= 0.3 is 11.3 Å². The summed E-state index contributed by atoms with van der Waals surface area (Å²) in [6.45, 7) is 4.58. The largest absolute Gasteiger partial charge is 0.385 e. The molecule has 3 rings (SSSR count). The molecule has 0 saturated heterocycles. The minimum atomic E-state index is -1.99. The molecule has 0 fully saturated rings. The second-order valence-electron chi connectivity index (χ2n) is 7.82. The second-order valence-corrected chi connectivity index (χ2v) is 9.80. The van der Waals surface area contributed by atoms with E-state index in [0.29, 0.717) is 17.0 Å². The van der Waals surface area contributed by atoms with Gasteiger partial charge in [-0.05, 0) is 42.7 Å². The maximum absolute atomic E-state index is 12.9. The zero-order valence-corrected chi connectivity index (χ0v) is 20.8. The highest BCUT2D eigenvalue weighted by Crippen LogP contribution is 2.29. The van der Waals surface area contributed by atoms with E-state index in [2.05, 4.69) is 18.6 Å². The average molecular weight is 498 g/mol. The first-order valence-electron chi connectivity index (χ1n) is 11.2. The Bertz CT molecular complexity index is 1130. The lowest BCUT2D eigenvalue weighted by Gasteiger charge is -2.21. The van der Waals surface area contributed by atoms with Gasteiger partial charge in [-0.15, -0.1) is 0 Å². The molecule has 1 N–H and O–H groups in total. The minimum absolute atomic E-state index is 0.188. The molecular formula is C25H27N3O4S2. The van der Waals surface area contributed by atoms with Crippen LogP contribution in [0.25, 0.3) is 0 Å². The molecule has 1 heterocycles. The third kappa shape index (κ3) is 6.49. The number of unbranched alkanes of at least 4 members (excludes halogenated alkanes) is 1. The standard InChI is InChI=1S/C25H27N3O4S2/c1-3-5-9-18(4-2)17-28-24(29)22-13-12-19(14-23(22)25(28)30)32-34(31)27-16-21(15-26)33-20-10-7-6-8-11-20/h6-8,10-14,16,18,27H,3-5,9,17H2,1-2H3. The molecule has 2 atom stereocenters. The van der Waals surface area contributed by atoms with Crippen LogP contribution >= 0.6 is 11.8 Å². The Morgan fingerprint density at radius 1 is 1.18 bits per heavy atom. The summed E-state index contributed by atoms with van der Waals surface area (Å²) in [5.74, 6) is -0.206. The monoisotopic (exact) mass is 497 g/mol. The first-order valence-corrected chi connectivity index (χ1v) is 13.1. The summed E-state index contributed by atoms with van der Waals surface area (Å²) in [6.07, 6.45) is 5.32. The Kier molecular flexibility index (Phi) is 9.31. The van der Waals surface area contributed by atoms with Crippen molar-refractivity contribution in [2.75, 3.05) is 6.54 Å². The van der Waals surface area contributed by atoms with Crippen LogP contribution in [0, 0.1) is 17.2 Å². The van der Waals surface area contributed by atoms with Gasteiger partial charge < -0.3 is 4.18 Å². The number of allylic oxidation sites excluding steroid dienone is 1. The van der Waals surface area contributed by atoms with Gasteiger partial charge in [-0.2, -0.15) is 9.47 Å². The lowest BCUT2D eigenvalue weighted by molar-refractivity contribution is 0.0624. The predicted molar refractivity (Wildman–Crippen MR) is 133 cm³/mol. The van der Waals surface area contributed by atoms with E-state index in [-0.39, 0.29) is 29.0 Å². The van der Waals surface area contributed by atoms with E-state index in [0.717, 1.165) is 30.6 Å². The van der Waals surface area contributed by atoms with Gasteiger partial charge in [0.2, 0.25) is 0 Å². The lowest BCUT2D eigenvalue weighted by atomic mass is 9.99. The summed E-state index contributed by atoms with van der Waals surface area (Å²) in [7, 11) is 0. The third-order valence-corrected chi connectivity index (χ3v) is 7.06. The molecule has 178 valence electrons. The van der Waals surface area contributed by atoms with Crippen LogP contribution in [0.15, 0.2) is 64.5 Å². The predicted octanol–water partition coefficient (Wildman–Crippen LogP) is 5.20. The van der Waals surface area contributed by atoms with Gasteiger partial charge in [0.15, 0.2) is 0 Å². The van der Waals surface area contributed by atoms with Crippen LogP contribution in [0.2, 0.25) is 0 Å². The SMILES string of the molecule is CCCCC(CC)CN1C(=O)c2ccc(OS(=O)NC=C(C#N)Sc3ccccc3)cc2C1=O. The van der Waals surface area contributed by atoms with Gasteiger partial charge in [-0.3, -0.25) is 19.2 Å². The molecule has 2 unspecified atom stereocenters. The van der Waals surface area contributed by atoms with E-state index < -0.39 is 11.3 Å². The Morgan fingerprint density at radius 2 is 1.91 bits per heavy atom. The van der Waals surface area contributed by atoms with Crippen molar-refractivity contribution in [1.82, 2.24) is 9.62 Å². The lowest BCUT2D eigenvalue weighted by Crippen LogP contribution is -2.34. The van der Waals surface area contributed by atoms with E-state index in [1.807, 2.05) is 36.4 Å². The number of benzene rings is 2. The number of nitrogens with one attached hydrogen (secondary N) is 1. The van der Waals surface area contributed by atoms with Crippen LogP contribution in [-0.4, -0.2) is 27.5 Å². The first-order chi connectivity index (χ1) is 16.5. The Labute approximate surface area is 207 Å². The van der Waals surface area contributed by atoms with Crippen LogP contribution < -0.4 is 8.91 Å². The van der Waals surface area contributed by atoms with E-state index >= 15 is 0 Å². The van der Waals surface area contributed by atoms with Crippen molar-refractivity contribution in [2.24, 2.45) is 5.92 Å². The second kappa shape index (κ2) is 12.4. The number of rotatable bonds is 12. The normalized spacial score (nSPS) is 15.0. The van der Waals surface area contributed by atoms with Gasteiger partial charge in [-0.1, -0.05) is 63.1 Å². The van der Waals surface area contributed by atoms with E-state index in [9.17, 15) is 19.1 Å². The van der Waals surface area contributed by atoms with Crippen LogP contribution in [0.1, 0.15) is 60.2 Å². The van der Waals surface area contributed by atoms with E-state index in [1.165, 1.54) is 41.1 Å². The molecule has 0 bridgehead atoms. The van der Waals surface area contributed by atoms with Crippen LogP contribution in [0.4, 0.5) is 0 Å². The maximum atomic E-state index is 12.9. The van der Waals surface area contributed by atoms with Crippen molar-refractivity contribution in [2.45, 2.75) is 44.4 Å². The number of carbonyl (C=O) groups excluding carboxylic acids is 2. The smallest absolute Gasteiger partial charge is 0.315 e. The van der Waals surface area contributed by atoms with Crippen LogP contribution in [0.5, 0.6) is 5.75 Å². The molecule has 1 aliphatic rings. The number of hydrogen-bond donors (Lipinski definition) is 1. The maximum Gasteiger partial charge on any atom is 0.315 e. The van der Waals surface area contributed by atoms with E-state index in [4.69, 9.17) is 4.18 Å². The van der Waals surface area contributed by atoms with Crippen molar-refractivity contribution in [3.05, 3.63) is 70.8 Å². The number of amides is 2. The molecule has 9 heteroatoms. The van der Waals surface area contributed by atoms with Crippen LogP contribution in [-0.2, 0) is 11.3 Å². The molecule has 34 heavy (non-hydrogen) atoms. The third-order valence-electron chi connectivity index (χ3n) is 5.47. The van der Waals surface area contributed by atoms with Crippen LogP contribution in [0.3, 0.4) is 0 Å². The summed E-state index contributed by atoms with van der Waals surface area (Å²) in [4.78, 5) is 28.2. The average Bonchev–Trinajstić information content (AvgIpc) is 3.08. The first kappa shape index (κ1) is 25.5. The zero-order chi connectivity index (χ0) is 24.5. The molecule has 2 aromatic rings. The number of nitriles is 1. The highest BCUT2D eigenvalue weighted by Gasteiger charge is 2.36. The number of hydrogen-bond acceptors (Lipinski definition) is 6. The van der Waals surface area contributed by atoms with Gasteiger partial charge in [0.1, 0.15) is 16.7 Å². The minimum Gasteiger partial charge on any atom is -0.385 e. The number of thioether (sulfide) groups is 1. The molecular weight excluding hydrogens is 470 g/mol. The highest BCUT2D eigenvalue weighted by molar-refractivity contribution is 8.03. The van der Waals surface area contributed by atoms with Gasteiger partial charge in [-0.25, -0.2) is 0 Å².